The van der Waals surface area contributed by atoms with Gasteiger partial charge in [0.2, 0.25) is 0 Å². The molecule has 0 saturated carbocycles. The molecule has 5 nitrogen and oxygen atoms in total. The van der Waals surface area contributed by atoms with Crippen molar-refractivity contribution in [3.05, 3.63) is 47.7 Å². The van der Waals surface area contributed by atoms with E-state index in [9.17, 15) is 13.6 Å². The van der Waals surface area contributed by atoms with E-state index in [4.69, 9.17) is 4.74 Å². The second-order valence-electron chi connectivity index (χ2n) is 6.43. The van der Waals surface area contributed by atoms with Gasteiger partial charge in [0.25, 0.3) is 0 Å². The molecule has 0 radical (unpaired) electrons. The number of ether oxygens (including phenoxy) is 1. The fourth-order valence-corrected chi connectivity index (χ4v) is 3.35. The molecule has 4 rings (SSSR count). The SMILES string of the molecule is CC(C)(C)OC(=O)[N+]12C=CC(=C1c1ccccc1S(=O)[O-])C2. The minimum Gasteiger partial charge on any atom is -0.768 e. The van der Waals surface area contributed by atoms with E-state index in [1.54, 1.807) is 24.4 Å². The van der Waals surface area contributed by atoms with E-state index in [0.717, 1.165) is 5.57 Å². The summed E-state index contributed by atoms with van der Waals surface area (Å²) in [5, 5.41) is 0. The molecule has 2 atom stereocenters. The zero-order chi connectivity index (χ0) is 16.1. The van der Waals surface area contributed by atoms with Gasteiger partial charge in [-0.1, -0.05) is 12.1 Å². The number of nitrogens with zero attached hydrogens (tertiary/aromatic N) is 1. The number of carbonyl (C=O) groups is 1. The summed E-state index contributed by atoms with van der Waals surface area (Å²) in [6.45, 7) is 5.96. The van der Waals surface area contributed by atoms with Gasteiger partial charge in [0.15, 0.2) is 5.70 Å². The lowest BCUT2D eigenvalue weighted by atomic mass is 9.98. The maximum absolute atomic E-state index is 12.6. The summed E-state index contributed by atoms with van der Waals surface area (Å²) >= 11 is -2.36. The van der Waals surface area contributed by atoms with Gasteiger partial charge in [-0.15, -0.1) is 0 Å². The summed E-state index contributed by atoms with van der Waals surface area (Å²) in [5.74, 6) is 0. The average Bonchev–Trinajstić information content (AvgIpc) is 2.96. The second-order valence-corrected chi connectivity index (χ2v) is 7.34. The van der Waals surface area contributed by atoms with Crippen molar-refractivity contribution in [2.24, 2.45) is 0 Å². The van der Waals surface area contributed by atoms with Crippen molar-refractivity contribution < 1.29 is 22.8 Å². The Bertz CT molecular complexity index is 745. The van der Waals surface area contributed by atoms with Crippen LogP contribution in [0, 0.1) is 0 Å². The van der Waals surface area contributed by atoms with Crippen LogP contribution < -0.4 is 0 Å². The quantitative estimate of drug-likeness (QED) is 0.621. The van der Waals surface area contributed by atoms with Gasteiger partial charge in [-0.2, -0.15) is 9.28 Å². The molecular weight excluding hydrogens is 302 g/mol. The third-order valence-electron chi connectivity index (χ3n) is 3.69. The van der Waals surface area contributed by atoms with Gasteiger partial charge in [0, 0.05) is 11.0 Å². The fraction of sp³-hybridized carbons (Fsp3) is 0.312. The summed E-state index contributed by atoms with van der Waals surface area (Å²) in [5.41, 5.74) is 1.65. The molecule has 0 fully saturated rings. The van der Waals surface area contributed by atoms with Crippen molar-refractivity contribution in [3.8, 4) is 0 Å². The van der Waals surface area contributed by atoms with Crippen LogP contribution in [0.5, 0.6) is 0 Å². The smallest absolute Gasteiger partial charge is 0.526 e. The molecule has 22 heavy (non-hydrogen) atoms. The normalized spacial score (nSPS) is 24.2. The minimum absolute atomic E-state index is 0.0686. The molecule has 6 heteroatoms. The first-order chi connectivity index (χ1) is 10.2. The van der Waals surface area contributed by atoms with Crippen molar-refractivity contribution in [3.63, 3.8) is 0 Å². The topological polar surface area (TPSA) is 66.4 Å². The predicted octanol–water partition coefficient (Wildman–Crippen LogP) is 2.93. The number of amides is 1. The first-order valence-corrected chi connectivity index (χ1v) is 8.05. The number of hydrogen-bond donors (Lipinski definition) is 0. The molecule has 116 valence electrons. The number of rotatable bonds is 2. The number of carbonyl (C=O) groups excluding carboxylic acids is 1. The lowest BCUT2D eigenvalue weighted by Crippen LogP contribution is -2.53. The molecule has 3 aliphatic rings. The Labute approximate surface area is 131 Å². The van der Waals surface area contributed by atoms with Crippen LogP contribution in [0.15, 0.2) is 47.0 Å². The zero-order valence-corrected chi connectivity index (χ0v) is 13.5. The van der Waals surface area contributed by atoms with Gasteiger partial charge < -0.3 is 9.29 Å². The Morgan fingerprint density at radius 2 is 2.00 bits per heavy atom. The number of hydrogen-bond acceptors (Lipinski definition) is 4. The van der Waals surface area contributed by atoms with Crippen molar-refractivity contribution in [2.75, 3.05) is 6.54 Å². The molecule has 1 aromatic carbocycles. The Morgan fingerprint density at radius 3 is 2.59 bits per heavy atom. The van der Waals surface area contributed by atoms with Gasteiger partial charge >= 0.3 is 6.09 Å². The van der Waals surface area contributed by atoms with Gasteiger partial charge in [-0.25, -0.2) is 0 Å². The molecule has 3 heterocycles. The highest BCUT2D eigenvalue weighted by molar-refractivity contribution is 7.79. The lowest BCUT2D eigenvalue weighted by Gasteiger charge is -2.38. The third kappa shape index (κ3) is 2.24. The zero-order valence-electron chi connectivity index (χ0n) is 12.7. The van der Waals surface area contributed by atoms with E-state index >= 15 is 0 Å². The van der Waals surface area contributed by atoms with Crippen LogP contribution in [0.3, 0.4) is 0 Å². The summed E-state index contributed by atoms with van der Waals surface area (Å²) in [6, 6.07) is 6.70. The van der Waals surface area contributed by atoms with E-state index in [0.29, 0.717) is 17.8 Å². The lowest BCUT2D eigenvalue weighted by molar-refractivity contribution is -0.737. The second kappa shape index (κ2) is 4.87. The van der Waals surface area contributed by atoms with E-state index in [2.05, 4.69) is 0 Å². The number of benzene rings is 1. The Hall–Kier alpha value is -1.76. The molecular formula is C16H17NO4S. The first kappa shape index (κ1) is 15.1. The Kier molecular flexibility index (Phi) is 3.36. The molecule has 0 aromatic heterocycles. The third-order valence-corrected chi connectivity index (χ3v) is 4.41. The van der Waals surface area contributed by atoms with Crippen LogP contribution >= 0.6 is 0 Å². The Morgan fingerprint density at radius 1 is 1.32 bits per heavy atom. The minimum atomic E-state index is -2.36. The standard InChI is InChI=1S/C16H17NO4S/c1-16(2,3)21-15(18)17-9-8-11(10-17)14(17)12-6-4-5-7-13(12)22(19)20/h4-9H,10H2,1-3H3. The molecule has 1 aromatic rings. The molecule has 0 saturated heterocycles. The average molecular weight is 319 g/mol. The van der Waals surface area contributed by atoms with Gasteiger partial charge in [-0.05, 0) is 44.0 Å². The molecule has 0 spiro atoms. The Balaban J connectivity index is 2.02. The van der Waals surface area contributed by atoms with Crippen LogP contribution in [0.1, 0.15) is 26.3 Å². The monoisotopic (exact) mass is 319 g/mol. The van der Waals surface area contributed by atoms with Crippen molar-refractivity contribution >= 4 is 22.9 Å². The van der Waals surface area contributed by atoms with Crippen LogP contribution in [0.4, 0.5) is 4.79 Å². The highest BCUT2D eigenvalue weighted by Gasteiger charge is 2.57. The van der Waals surface area contributed by atoms with Crippen molar-refractivity contribution in [2.45, 2.75) is 31.3 Å². The molecule has 0 N–H and O–H groups in total. The van der Waals surface area contributed by atoms with Crippen LogP contribution in [0.25, 0.3) is 5.70 Å². The summed E-state index contributed by atoms with van der Waals surface area (Å²) in [6.07, 6.45) is 3.25. The van der Waals surface area contributed by atoms with Gasteiger partial charge in [0.05, 0.1) is 11.1 Å². The molecule has 1 amide bonds. The van der Waals surface area contributed by atoms with Crippen LogP contribution in [0.2, 0.25) is 0 Å². The molecule has 3 aliphatic heterocycles. The van der Waals surface area contributed by atoms with E-state index in [1.807, 2.05) is 26.8 Å². The highest BCUT2D eigenvalue weighted by atomic mass is 32.2. The van der Waals surface area contributed by atoms with Crippen molar-refractivity contribution in [1.29, 1.82) is 0 Å². The summed E-state index contributed by atoms with van der Waals surface area (Å²) in [7, 11) is 0. The van der Waals surface area contributed by atoms with Crippen LogP contribution in [-0.4, -0.2) is 31.5 Å². The first-order valence-electron chi connectivity index (χ1n) is 6.97. The molecule has 0 aliphatic carbocycles. The summed E-state index contributed by atoms with van der Waals surface area (Å²) in [4.78, 5) is 12.8. The van der Waals surface area contributed by atoms with E-state index in [-0.39, 0.29) is 15.5 Å². The van der Waals surface area contributed by atoms with E-state index < -0.39 is 16.7 Å². The fourth-order valence-electron chi connectivity index (χ4n) is 2.82. The van der Waals surface area contributed by atoms with E-state index in [1.165, 1.54) is 6.07 Å². The maximum atomic E-state index is 12.6. The molecule has 2 unspecified atom stereocenters. The maximum Gasteiger partial charge on any atom is 0.526 e. The number of quaternary nitrogens is 1. The highest BCUT2D eigenvalue weighted by Crippen LogP contribution is 2.49. The predicted molar refractivity (Wildman–Crippen MR) is 81.0 cm³/mol. The van der Waals surface area contributed by atoms with Crippen molar-refractivity contribution in [1.82, 2.24) is 0 Å². The van der Waals surface area contributed by atoms with Gasteiger partial charge in [-0.3, -0.25) is 4.21 Å². The van der Waals surface area contributed by atoms with Crippen LogP contribution in [-0.2, 0) is 15.8 Å². The summed E-state index contributed by atoms with van der Waals surface area (Å²) < 4.78 is 28.3. The van der Waals surface area contributed by atoms with Gasteiger partial charge in [0.1, 0.15) is 18.3 Å². The largest absolute Gasteiger partial charge is 0.768 e. The molecule has 2 bridgehead atoms.